The molecule has 1 aromatic heterocycles. The van der Waals surface area contributed by atoms with E-state index in [0.717, 1.165) is 5.56 Å². The average Bonchev–Trinajstić information content (AvgIpc) is 2.58. The predicted octanol–water partition coefficient (Wildman–Crippen LogP) is 2.13. The Bertz CT molecular complexity index is 784. The lowest BCUT2D eigenvalue weighted by Crippen LogP contribution is -2.10. The molecule has 1 heterocycles. The van der Waals surface area contributed by atoms with Crippen LogP contribution >= 0.6 is 0 Å². The maximum atomic E-state index is 12.1. The second-order valence-electron chi connectivity index (χ2n) is 4.69. The number of nitrogens with zero attached hydrogens (tertiary/aromatic N) is 1. The predicted molar refractivity (Wildman–Crippen MR) is 82.3 cm³/mol. The normalized spacial score (nSPS) is 10.3. The van der Waals surface area contributed by atoms with Gasteiger partial charge in [0.25, 0.3) is 0 Å². The Morgan fingerprint density at radius 3 is 2.04 bits per heavy atom. The van der Waals surface area contributed by atoms with Crippen molar-refractivity contribution >= 4 is 22.8 Å². The van der Waals surface area contributed by atoms with Crippen molar-refractivity contribution in [3.8, 4) is 11.5 Å². The maximum Gasteiger partial charge on any atom is 0.356 e. The fourth-order valence-electron chi connectivity index (χ4n) is 2.37. The first kappa shape index (κ1) is 16.5. The van der Waals surface area contributed by atoms with E-state index in [1.165, 1.54) is 34.5 Å². The lowest BCUT2D eigenvalue weighted by molar-refractivity contribution is 0.0594. The average molecular weight is 319 g/mol. The number of aromatic nitrogens is 1. The number of carbonyl (C=O) groups excluding carboxylic acids is 2. The zero-order valence-corrected chi connectivity index (χ0v) is 13.6. The summed E-state index contributed by atoms with van der Waals surface area (Å²) < 4.78 is 20.2. The van der Waals surface area contributed by atoms with E-state index in [-0.39, 0.29) is 11.3 Å². The summed E-state index contributed by atoms with van der Waals surface area (Å²) in [7, 11) is 5.46. The summed E-state index contributed by atoms with van der Waals surface area (Å²) in [5.74, 6) is -0.448. The van der Waals surface area contributed by atoms with Gasteiger partial charge in [0.05, 0.1) is 34.0 Å². The van der Waals surface area contributed by atoms with E-state index >= 15 is 0 Å². The van der Waals surface area contributed by atoms with Crippen LogP contribution < -0.4 is 9.47 Å². The van der Waals surface area contributed by atoms with Crippen molar-refractivity contribution in [2.75, 3.05) is 28.4 Å². The van der Waals surface area contributed by atoms with Crippen LogP contribution in [0.3, 0.4) is 0 Å². The van der Waals surface area contributed by atoms with E-state index in [1.54, 1.807) is 6.07 Å². The summed E-state index contributed by atoms with van der Waals surface area (Å²) in [6, 6.07) is 3.07. The number of esters is 2. The molecule has 2 aromatic rings. The largest absolute Gasteiger partial charge is 0.492 e. The Labute approximate surface area is 133 Å². The first-order valence-corrected chi connectivity index (χ1v) is 6.71. The second-order valence-corrected chi connectivity index (χ2v) is 4.69. The molecule has 0 N–H and O–H groups in total. The molecule has 0 saturated carbocycles. The van der Waals surface area contributed by atoms with Crippen LogP contribution in [0.5, 0.6) is 11.5 Å². The molecule has 1 aromatic carbocycles. The number of hydrogen-bond acceptors (Lipinski definition) is 7. The summed E-state index contributed by atoms with van der Waals surface area (Å²) in [6.07, 6.45) is 0. The van der Waals surface area contributed by atoms with Crippen molar-refractivity contribution in [2.24, 2.45) is 0 Å². The van der Waals surface area contributed by atoms with Crippen molar-refractivity contribution in [2.45, 2.75) is 6.92 Å². The fourth-order valence-corrected chi connectivity index (χ4v) is 2.37. The smallest absolute Gasteiger partial charge is 0.356 e. The van der Waals surface area contributed by atoms with Gasteiger partial charge in [-0.05, 0) is 24.6 Å². The molecule has 0 saturated heterocycles. The molecule has 0 unspecified atom stereocenters. The van der Waals surface area contributed by atoms with E-state index in [9.17, 15) is 9.59 Å². The molecule has 0 spiro atoms. The van der Waals surface area contributed by atoms with Gasteiger partial charge in [-0.3, -0.25) is 0 Å². The number of rotatable bonds is 4. The molecular weight excluding hydrogens is 302 g/mol. The molecule has 0 amide bonds. The zero-order valence-electron chi connectivity index (χ0n) is 13.6. The van der Waals surface area contributed by atoms with Gasteiger partial charge in [-0.15, -0.1) is 0 Å². The standard InChI is InChI=1S/C16H17NO6/c1-8-6-9-10(15(18)22-4)7-11(16(19)23-5)17-12(9)14(21-3)13(8)20-2/h6-7H,1-5H3. The summed E-state index contributed by atoms with van der Waals surface area (Å²) in [5, 5.41) is 0.500. The van der Waals surface area contributed by atoms with Gasteiger partial charge >= 0.3 is 11.9 Å². The monoisotopic (exact) mass is 319 g/mol. The van der Waals surface area contributed by atoms with Crippen molar-refractivity contribution in [1.82, 2.24) is 4.98 Å². The Hall–Kier alpha value is -2.83. The summed E-state index contributed by atoms with van der Waals surface area (Å²) in [5.41, 5.74) is 1.25. The molecule has 23 heavy (non-hydrogen) atoms. The van der Waals surface area contributed by atoms with E-state index in [0.29, 0.717) is 22.4 Å². The summed E-state index contributed by atoms with van der Waals surface area (Å²) in [6.45, 7) is 1.82. The Balaban J connectivity index is 2.95. The van der Waals surface area contributed by atoms with Gasteiger partial charge in [0.1, 0.15) is 11.2 Å². The molecule has 0 radical (unpaired) electrons. The van der Waals surface area contributed by atoms with Crippen LogP contribution in [0.25, 0.3) is 10.9 Å². The minimum absolute atomic E-state index is 0.0235. The van der Waals surface area contributed by atoms with Crippen LogP contribution in [0.2, 0.25) is 0 Å². The van der Waals surface area contributed by atoms with Crippen molar-refractivity contribution in [3.63, 3.8) is 0 Å². The topological polar surface area (TPSA) is 84.0 Å². The van der Waals surface area contributed by atoms with E-state index in [2.05, 4.69) is 9.72 Å². The maximum absolute atomic E-state index is 12.1. The first-order chi connectivity index (χ1) is 11.0. The third kappa shape index (κ3) is 2.77. The molecule has 7 nitrogen and oxygen atoms in total. The lowest BCUT2D eigenvalue weighted by atomic mass is 10.0. The molecule has 7 heteroatoms. The van der Waals surface area contributed by atoms with E-state index in [1.807, 2.05) is 6.92 Å². The molecule has 122 valence electrons. The Morgan fingerprint density at radius 1 is 0.913 bits per heavy atom. The van der Waals surface area contributed by atoms with Gasteiger partial charge in [0, 0.05) is 5.39 Å². The van der Waals surface area contributed by atoms with Crippen molar-refractivity contribution in [1.29, 1.82) is 0 Å². The number of pyridine rings is 1. The van der Waals surface area contributed by atoms with Crippen LogP contribution in [-0.4, -0.2) is 45.4 Å². The number of benzene rings is 1. The molecule has 0 aliphatic rings. The number of carbonyl (C=O) groups is 2. The highest BCUT2D eigenvalue weighted by Crippen LogP contribution is 2.39. The molecule has 0 aliphatic carbocycles. The fraction of sp³-hybridized carbons (Fsp3) is 0.312. The molecule has 0 atom stereocenters. The van der Waals surface area contributed by atoms with Crippen molar-refractivity contribution in [3.05, 3.63) is 29.0 Å². The van der Waals surface area contributed by atoms with Gasteiger partial charge in [0.15, 0.2) is 11.5 Å². The highest BCUT2D eigenvalue weighted by atomic mass is 16.5. The van der Waals surface area contributed by atoms with Gasteiger partial charge < -0.3 is 18.9 Å². The first-order valence-electron chi connectivity index (χ1n) is 6.71. The molecule has 0 bridgehead atoms. The van der Waals surface area contributed by atoms with Crippen LogP contribution in [0.1, 0.15) is 26.4 Å². The number of ether oxygens (including phenoxy) is 4. The molecule has 2 rings (SSSR count). The van der Waals surface area contributed by atoms with Crippen molar-refractivity contribution < 1.29 is 28.5 Å². The quantitative estimate of drug-likeness (QED) is 0.798. The van der Waals surface area contributed by atoms with Gasteiger partial charge in [-0.2, -0.15) is 0 Å². The molecular formula is C16H17NO6. The number of hydrogen-bond donors (Lipinski definition) is 0. The number of aryl methyl sites for hydroxylation is 1. The van der Waals surface area contributed by atoms with Crippen LogP contribution in [0.4, 0.5) is 0 Å². The van der Waals surface area contributed by atoms with E-state index < -0.39 is 11.9 Å². The number of methoxy groups -OCH3 is 4. The van der Waals surface area contributed by atoms with Crippen LogP contribution in [0, 0.1) is 6.92 Å². The van der Waals surface area contributed by atoms with Gasteiger partial charge in [0.2, 0.25) is 0 Å². The summed E-state index contributed by atoms with van der Waals surface area (Å²) in [4.78, 5) is 28.2. The minimum Gasteiger partial charge on any atom is -0.492 e. The van der Waals surface area contributed by atoms with Gasteiger partial charge in [-0.25, -0.2) is 14.6 Å². The lowest BCUT2D eigenvalue weighted by Gasteiger charge is -2.15. The Kier molecular flexibility index (Phi) is 4.68. The highest BCUT2D eigenvalue weighted by molar-refractivity contribution is 6.08. The van der Waals surface area contributed by atoms with Gasteiger partial charge in [-0.1, -0.05) is 0 Å². The third-order valence-electron chi connectivity index (χ3n) is 3.41. The summed E-state index contributed by atoms with van der Waals surface area (Å²) >= 11 is 0. The third-order valence-corrected chi connectivity index (χ3v) is 3.41. The van der Waals surface area contributed by atoms with Crippen LogP contribution in [0.15, 0.2) is 12.1 Å². The van der Waals surface area contributed by atoms with E-state index in [4.69, 9.17) is 14.2 Å². The molecule has 0 aliphatic heterocycles. The second kappa shape index (κ2) is 6.51. The SMILES string of the molecule is COC(=O)c1cc(C(=O)OC)c2cc(C)c(OC)c(OC)c2n1. The number of fused-ring (bicyclic) bond motifs is 1. The highest BCUT2D eigenvalue weighted by Gasteiger charge is 2.22. The molecule has 0 fully saturated rings. The Morgan fingerprint density at radius 2 is 1.52 bits per heavy atom. The minimum atomic E-state index is -0.668. The van der Waals surface area contributed by atoms with Crippen LogP contribution in [-0.2, 0) is 9.47 Å². The zero-order chi connectivity index (χ0) is 17.1.